The molecule has 6 heteroatoms. The van der Waals surface area contributed by atoms with E-state index in [1.54, 1.807) is 19.1 Å². The predicted octanol–water partition coefficient (Wildman–Crippen LogP) is 4.28. The Morgan fingerprint density at radius 1 is 1.07 bits per heavy atom. The van der Waals surface area contributed by atoms with Gasteiger partial charge in [-0.05, 0) is 75.6 Å². The number of rotatable bonds is 8. The Kier molecular flexibility index (Phi) is 8.09. The van der Waals surface area contributed by atoms with Crippen molar-refractivity contribution in [2.24, 2.45) is 0 Å². The number of ether oxygens (including phenoxy) is 1. The monoisotopic (exact) mass is 416 g/mol. The highest BCUT2D eigenvalue weighted by Crippen LogP contribution is 2.18. The Morgan fingerprint density at radius 3 is 2.41 bits per heavy atom. The largest absolute Gasteiger partial charge is 0.484 e. The van der Waals surface area contributed by atoms with Gasteiger partial charge in [-0.2, -0.15) is 0 Å². The van der Waals surface area contributed by atoms with Crippen LogP contribution in [0.25, 0.3) is 0 Å². The summed E-state index contributed by atoms with van der Waals surface area (Å²) in [4.78, 5) is 27.0. The number of amides is 2. The van der Waals surface area contributed by atoms with Crippen LogP contribution in [0.5, 0.6) is 5.75 Å². The predicted molar refractivity (Wildman–Crippen MR) is 116 cm³/mol. The average Bonchev–Trinajstić information content (AvgIpc) is 2.65. The molecule has 1 atom stereocenters. The molecule has 2 aromatic carbocycles. The topological polar surface area (TPSA) is 58.6 Å². The highest BCUT2D eigenvalue weighted by molar-refractivity contribution is 6.30. The Balaban J connectivity index is 2.16. The van der Waals surface area contributed by atoms with E-state index in [0.29, 0.717) is 10.8 Å². The van der Waals surface area contributed by atoms with Gasteiger partial charge in [-0.1, -0.05) is 29.8 Å². The van der Waals surface area contributed by atoms with Crippen molar-refractivity contribution < 1.29 is 14.3 Å². The van der Waals surface area contributed by atoms with Gasteiger partial charge in [0.2, 0.25) is 5.91 Å². The molecular weight excluding hydrogens is 388 g/mol. The van der Waals surface area contributed by atoms with Crippen molar-refractivity contribution in [1.82, 2.24) is 10.2 Å². The summed E-state index contributed by atoms with van der Waals surface area (Å²) >= 11 is 6.08. The first-order chi connectivity index (χ1) is 13.7. The van der Waals surface area contributed by atoms with Crippen LogP contribution in [0, 0.1) is 13.8 Å². The molecule has 2 rings (SSSR count). The van der Waals surface area contributed by atoms with E-state index in [4.69, 9.17) is 16.3 Å². The van der Waals surface area contributed by atoms with Crippen LogP contribution in [0.2, 0.25) is 5.02 Å². The van der Waals surface area contributed by atoms with Gasteiger partial charge in [0.15, 0.2) is 6.61 Å². The smallest absolute Gasteiger partial charge is 0.261 e. The molecule has 0 bridgehead atoms. The fraction of sp³-hybridized carbons (Fsp3) is 0.391. The molecule has 0 aliphatic heterocycles. The third-order valence-corrected chi connectivity index (χ3v) is 4.92. The number of hydrogen-bond acceptors (Lipinski definition) is 3. The maximum absolute atomic E-state index is 13.0. The number of nitrogens with one attached hydrogen (secondary N) is 1. The first-order valence-electron chi connectivity index (χ1n) is 9.71. The summed E-state index contributed by atoms with van der Waals surface area (Å²) in [7, 11) is 0. The van der Waals surface area contributed by atoms with Crippen LogP contribution in [-0.4, -0.2) is 35.4 Å². The molecule has 156 valence electrons. The van der Waals surface area contributed by atoms with E-state index in [2.05, 4.69) is 5.32 Å². The minimum atomic E-state index is -0.646. The van der Waals surface area contributed by atoms with Crippen molar-refractivity contribution in [3.8, 4) is 5.75 Å². The Hall–Kier alpha value is -2.53. The van der Waals surface area contributed by atoms with Gasteiger partial charge in [0.1, 0.15) is 11.8 Å². The second-order valence-corrected chi connectivity index (χ2v) is 7.96. The Morgan fingerprint density at radius 2 is 1.79 bits per heavy atom. The zero-order chi connectivity index (χ0) is 21.6. The van der Waals surface area contributed by atoms with Crippen molar-refractivity contribution in [2.45, 2.75) is 53.2 Å². The summed E-state index contributed by atoms with van der Waals surface area (Å²) in [6.07, 6.45) is 0. The number of benzene rings is 2. The minimum absolute atomic E-state index is 0.0140. The molecule has 0 aliphatic rings. The SMILES string of the molecule is Cc1ccc(OCC(=O)N(Cc2cccc(Cl)c2)C(C)C(=O)NC(C)C)cc1C. The van der Waals surface area contributed by atoms with Gasteiger partial charge in [0.05, 0.1) is 0 Å². The number of carbonyl (C=O) groups is 2. The van der Waals surface area contributed by atoms with Crippen LogP contribution in [0.15, 0.2) is 42.5 Å². The molecule has 0 radical (unpaired) electrons. The van der Waals surface area contributed by atoms with Gasteiger partial charge in [0, 0.05) is 17.6 Å². The van der Waals surface area contributed by atoms with E-state index in [9.17, 15) is 9.59 Å². The second kappa shape index (κ2) is 10.3. The van der Waals surface area contributed by atoms with Crippen molar-refractivity contribution in [2.75, 3.05) is 6.61 Å². The van der Waals surface area contributed by atoms with Crippen LogP contribution >= 0.6 is 11.6 Å². The van der Waals surface area contributed by atoms with Gasteiger partial charge < -0.3 is 15.0 Å². The van der Waals surface area contributed by atoms with Crippen LogP contribution < -0.4 is 10.1 Å². The number of carbonyl (C=O) groups excluding carboxylic acids is 2. The number of nitrogens with zero attached hydrogens (tertiary/aromatic N) is 1. The minimum Gasteiger partial charge on any atom is -0.484 e. The maximum Gasteiger partial charge on any atom is 0.261 e. The van der Waals surface area contributed by atoms with E-state index in [0.717, 1.165) is 16.7 Å². The molecule has 2 aromatic rings. The van der Waals surface area contributed by atoms with Crippen molar-refractivity contribution in [3.63, 3.8) is 0 Å². The molecule has 0 saturated heterocycles. The number of hydrogen-bond donors (Lipinski definition) is 1. The molecule has 0 heterocycles. The lowest BCUT2D eigenvalue weighted by molar-refractivity contribution is -0.142. The zero-order valence-corrected chi connectivity index (χ0v) is 18.4. The summed E-state index contributed by atoms with van der Waals surface area (Å²) in [5, 5.41) is 3.45. The van der Waals surface area contributed by atoms with E-state index < -0.39 is 6.04 Å². The quantitative estimate of drug-likeness (QED) is 0.698. The molecule has 0 aliphatic carbocycles. The summed E-state index contributed by atoms with van der Waals surface area (Å²) in [5.74, 6) is 0.152. The summed E-state index contributed by atoms with van der Waals surface area (Å²) < 4.78 is 5.71. The molecule has 5 nitrogen and oxygen atoms in total. The number of aryl methyl sites for hydroxylation is 2. The Bertz CT molecular complexity index is 867. The average molecular weight is 417 g/mol. The third-order valence-electron chi connectivity index (χ3n) is 4.68. The van der Waals surface area contributed by atoms with Gasteiger partial charge in [0.25, 0.3) is 5.91 Å². The lowest BCUT2D eigenvalue weighted by Crippen LogP contribution is -2.50. The van der Waals surface area contributed by atoms with Gasteiger partial charge in [-0.3, -0.25) is 9.59 Å². The lowest BCUT2D eigenvalue weighted by atomic mass is 10.1. The van der Waals surface area contributed by atoms with Crippen LogP contribution in [-0.2, 0) is 16.1 Å². The van der Waals surface area contributed by atoms with Gasteiger partial charge >= 0.3 is 0 Å². The normalized spacial score (nSPS) is 11.8. The molecule has 0 spiro atoms. The lowest BCUT2D eigenvalue weighted by Gasteiger charge is -2.29. The molecule has 1 unspecified atom stereocenters. The Labute approximate surface area is 178 Å². The van der Waals surface area contributed by atoms with Crippen molar-refractivity contribution in [3.05, 3.63) is 64.2 Å². The third kappa shape index (κ3) is 6.79. The summed E-state index contributed by atoms with van der Waals surface area (Å²) in [5.41, 5.74) is 3.10. The first-order valence-corrected chi connectivity index (χ1v) is 10.1. The fourth-order valence-corrected chi connectivity index (χ4v) is 3.06. The van der Waals surface area contributed by atoms with Gasteiger partial charge in [-0.25, -0.2) is 0 Å². The van der Waals surface area contributed by atoms with E-state index in [1.807, 2.05) is 58.0 Å². The van der Waals surface area contributed by atoms with E-state index in [-0.39, 0.29) is 31.0 Å². The van der Waals surface area contributed by atoms with E-state index in [1.165, 1.54) is 4.90 Å². The van der Waals surface area contributed by atoms with Crippen molar-refractivity contribution >= 4 is 23.4 Å². The molecule has 0 fully saturated rings. The number of halogens is 1. The first kappa shape index (κ1) is 22.8. The molecule has 2 amide bonds. The second-order valence-electron chi connectivity index (χ2n) is 7.53. The molecular formula is C23H29ClN2O3. The zero-order valence-electron chi connectivity index (χ0n) is 17.7. The fourth-order valence-electron chi connectivity index (χ4n) is 2.85. The standard InChI is InChI=1S/C23H29ClN2O3/c1-15(2)25-23(28)18(5)26(13-19-7-6-8-20(24)12-19)22(27)14-29-21-10-9-16(3)17(4)11-21/h6-12,15,18H,13-14H2,1-5H3,(H,25,28). The molecule has 1 N–H and O–H groups in total. The molecule has 29 heavy (non-hydrogen) atoms. The summed E-state index contributed by atoms with van der Waals surface area (Å²) in [6, 6.07) is 12.3. The van der Waals surface area contributed by atoms with Crippen LogP contribution in [0.3, 0.4) is 0 Å². The van der Waals surface area contributed by atoms with Crippen LogP contribution in [0.4, 0.5) is 0 Å². The van der Waals surface area contributed by atoms with Gasteiger partial charge in [-0.15, -0.1) is 0 Å². The molecule has 0 aromatic heterocycles. The van der Waals surface area contributed by atoms with E-state index >= 15 is 0 Å². The van der Waals surface area contributed by atoms with Crippen LogP contribution in [0.1, 0.15) is 37.5 Å². The van der Waals surface area contributed by atoms with Crippen molar-refractivity contribution in [1.29, 1.82) is 0 Å². The summed E-state index contributed by atoms with van der Waals surface area (Å²) in [6.45, 7) is 9.62. The maximum atomic E-state index is 13.0. The highest BCUT2D eigenvalue weighted by Gasteiger charge is 2.27. The molecule has 0 saturated carbocycles. The highest BCUT2D eigenvalue weighted by atomic mass is 35.5.